The first-order valence-electron chi connectivity index (χ1n) is 7.32. The van der Waals surface area contributed by atoms with Gasteiger partial charge in [0, 0.05) is 6.54 Å². The number of carbonyl (C=O) groups excluding carboxylic acids is 1. The van der Waals surface area contributed by atoms with Crippen molar-refractivity contribution in [1.82, 2.24) is 5.32 Å². The topological polar surface area (TPSA) is 70.6 Å². The van der Waals surface area contributed by atoms with Gasteiger partial charge in [-0.2, -0.15) is 0 Å². The Morgan fingerprint density at radius 1 is 1.12 bits per heavy atom. The fraction of sp³-hybridized carbons (Fsp3) is 0.235. The number of ether oxygens (including phenoxy) is 1. The molecule has 24 heavy (non-hydrogen) atoms. The highest BCUT2D eigenvalue weighted by atomic mass is 19.3. The molecule has 0 saturated carbocycles. The van der Waals surface area contributed by atoms with Gasteiger partial charge in [0.05, 0.1) is 12.3 Å². The summed E-state index contributed by atoms with van der Waals surface area (Å²) in [6.45, 7) is -0.553. The number of rotatable bonds is 7. The molecule has 0 aliphatic heterocycles. The minimum atomic E-state index is -2.59. The van der Waals surface area contributed by atoms with Crippen molar-refractivity contribution in [2.75, 3.05) is 11.9 Å². The van der Waals surface area contributed by atoms with Gasteiger partial charge in [-0.1, -0.05) is 36.4 Å². The summed E-state index contributed by atoms with van der Waals surface area (Å²) in [5.74, 6) is 0.176. The van der Waals surface area contributed by atoms with Crippen molar-refractivity contribution in [2.45, 2.75) is 19.6 Å². The van der Waals surface area contributed by atoms with Crippen LogP contribution in [0.4, 0.5) is 19.3 Å². The van der Waals surface area contributed by atoms with Gasteiger partial charge in [-0.25, -0.2) is 13.6 Å². The standard InChI is InChI=1S/C17H18F2N2O3/c18-16(19)11-24-15-7-2-1-6-14(15)21-17(23)20-9-12-4-3-5-13(8-12)10-22/h1-8,16,22H,9-11H2,(H2,20,21,23). The number of urea groups is 1. The van der Waals surface area contributed by atoms with Crippen LogP contribution in [-0.4, -0.2) is 24.2 Å². The fourth-order valence-corrected chi connectivity index (χ4v) is 2.04. The van der Waals surface area contributed by atoms with Crippen molar-refractivity contribution in [3.05, 3.63) is 59.7 Å². The number of anilines is 1. The molecule has 2 aromatic rings. The third-order valence-corrected chi connectivity index (χ3v) is 3.13. The maximum Gasteiger partial charge on any atom is 0.319 e. The summed E-state index contributed by atoms with van der Waals surface area (Å²) in [6.07, 6.45) is -2.59. The smallest absolute Gasteiger partial charge is 0.319 e. The van der Waals surface area contributed by atoms with Crippen LogP contribution in [0.25, 0.3) is 0 Å². The molecule has 0 aromatic heterocycles. The Morgan fingerprint density at radius 3 is 2.62 bits per heavy atom. The number of aliphatic hydroxyl groups excluding tert-OH is 1. The van der Waals surface area contributed by atoms with E-state index in [4.69, 9.17) is 9.84 Å². The molecule has 128 valence electrons. The van der Waals surface area contributed by atoms with Gasteiger partial charge in [0.1, 0.15) is 12.4 Å². The predicted molar refractivity (Wildman–Crippen MR) is 86.2 cm³/mol. The number of para-hydroxylation sites is 2. The van der Waals surface area contributed by atoms with E-state index in [1.807, 2.05) is 6.07 Å². The predicted octanol–water partition coefficient (Wildman–Crippen LogP) is 3.14. The molecule has 7 heteroatoms. The largest absolute Gasteiger partial charge is 0.485 e. The van der Waals surface area contributed by atoms with E-state index < -0.39 is 19.1 Å². The third-order valence-electron chi connectivity index (χ3n) is 3.13. The van der Waals surface area contributed by atoms with Gasteiger partial charge in [-0.05, 0) is 23.3 Å². The zero-order valence-corrected chi connectivity index (χ0v) is 12.8. The fourth-order valence-electron chi connectivity index (χ4n) is 2.04. The van der Waals surface area contributed by atoms with E-state index in [9.17, 15) is 13.6 Å². The molecular weight excluding hydrogens is 318 g/mol. The second-order valence-electron chi connectivity index (χ2n) is 4.98. The summed E-state index contributed by atoms with van der Waals surface area (Å²) < 4.78 is 29.5. The van der Waals surface area contributed by atoms with E-state index in [-0.39, 0.29) is 18.9 Å². The van der Waals surface area contributed by atoms with Crippen LogP contribution >= 0.6 is 0 Å². The van der Waals surface area contributed by atoms with Crippen molar-refractivity contribution in [2.24, 2.45) is 0 Å². The zero-order valence-electron chi connectivity index (χ0n) is 12.8. The molecule has 2 amide bonds. The Labute approximate surface area is 138 Å². The van der Waals surface area contributed by atoms with Crippen LogP contribution in [0.15, 0.2) is 48.5 Å². The minimum Gasteiger partial charge on any atom is -0.485 e. The number of hydrogen-bond donors (Lipinski definition) is 3. The normalized spacial score (nSPS) is 10.5. The van der Waals surface area contributed by atoms with Crippen molar-refractivity contribution >= 4 is 11.7 Å². The van der Waals surface area contributed by atoms with Gasteiger partial charge in [0.25, 0.3) is 6.43 Å². The summed E-state index contributed by atoms with van der Waals surface area (Å²) in [4.78, 5) is 12.0. The Hall–Kier alpha value is -2.67. The molecule has 0 aliphatic rings. The van der Waals surface area contributed by atoms with E-state index >= 15 is 0 Å². The average molecular weight is 336 g/mol. The van der Waals surface area contributed by atoms with Gasteiger partial charge in [0.15, 0.2) is 0 Å². The number of aliphatic hydroxyl groups is 1. The lowest BCUT2D eigenvalue weighted by atomic mass is 10.1. The number of carbonyl (C=O) groups is 1. The molecule has 3 N–H and O–H groups in total. The monoisotopic (exact) mass is 336 g/mol. The van der Waals surface area contributed by atoms with Crippen molar-refractivity contribution < 1.29 is 23.4 Å². The number of hydrogen-bond acceptors (Lipinski definition) is 3. The van der Waals surface area contributed by atoms with Crippen molar-refractivity contribution in [3.8, 4) is 5.75 Å². The van der Waals surface area contributed by atoms with E-state index in [2.05, 4.69) is 10.6 Å². The Bertz CT molecular complexity index is 680. The molecule has 0 aliphatic carbocycles. The van der Waals surface area contributed by atoms with Crippen molar-refractivity contribution in [3.63, 3.8) is 0 Å². The van der Waals surface area contributed by atoms with Gasteiger partial charge < -0.3 is 20.5 Å². The molecule has 2 rings (SSSR count). The maximum absolute atomic E-state index is 12.2. The Kier molecular flexibility index (Phi) is 6.51. The molecule has 0 heterocycles. The lowest BCUT2D eigenvalue weighted by Crippen LogP contribution is -2.28. The van der Waals surface area contributed by atoms with Gasteiger partial charge in [-0.15, -0.1) is 0 Å². The minimum absolute atomic E-state index is 0.0745. The number of nitrogens with one attached hydrogen (secondary N) is 2. The molecule has 0 fully saturated rings. The molecule has 0 spiro atoms. The van der Waals surface area contributed by atoms with Crippen LogP contribution in [0.2, 0.25) is 0 Å². The van der Waals surface area contributed by atoms with Crippen LogP contribution in [0.3, 0.4) is 0 Å². The number of amides is 2. The molecule has 0 saturated heterocycles. The third kappa shape index (κ3) is 5.51. The first-order chi connectivity index (χ1) is 11.6. The van der Waals surface area contributed by atoms with Crippen LogP contribution in [0.1, 0.15) is 11.1 Å². The van der Waals surface area contributed by atoms with Crippen LogP contribution in [-0.2, 0) is 13.2 Å². The molecule has 2 aromatic carbocycles. The summed E-state index contributed by atoms with van der Waals surface area (Å²) in [5, 5.41) is 14.3. The van der Waals surface area contributed by atoms with Crippen LogP contribution in [0, 0.1) is 0 Å². The number of halogens is 2. The van der Waals surface area contributed by atoms with Crippen LogP contribution < -0.4 is 15.4 Å². The first kappa shape index (κ1) is 17.7. The second kappa shape index (κ2) is 8.83. The maximum atomic E-state index is 12.2. The summed E-state index contributed by atoms with van der Waals surface area (Å²) in [7, 11) is 0. The number of benzene rings is 2. The molecule has 0 atom stereocenters. The number of alkyl halides is 2. The molecule has 0 bridgehead atoms. The lowest BCUT2D eigenvalue weighted by molar-refractivity contribution is 0.0823. The van der Waals surface area contributed by atoms with Gasteiger partial charge >= 0.3 is 6.03 Å². The van der Waals surface area contributed by atoms with E-state index in [0.717, 1.165) is 11.1 Å². The summed E-state index contributed by atoms with van der Waals surface area (Å²) in [5.41, 5.74) is 1.89. The first-order valence-corrected chi connectivity index (χ1v) is 7.32. The lowest BCUT2D eigenvalue weighted by Gasteiger charge is -2.13. The van der Waals surface area contributed by atoms with E-state index in [1.54, 1.807) is 36.4 Å². The molecule has 5 nitrogen and oxygen atoms in total. The van der Waals surface area contributed by atoms with E-state index in [1.165, 1.54) is 6.07 Å². The second-order valence-corrected chi connectivity index (χ2v) is 4.98. The molecular formula is C17H18F2N2O3. The van der Waals surface area contributed by atoms with Gasteiger partial charge in [-0.3, -0.25) is 0 Å². The molecule has 0 unspecified atom stereocenters. The van der Waals surface area contributed by atoms with E-state index in [0.29, 0.717) is 5.69 Å². The SMILES string of the molecule is O=C(NCc1cccc(CO)c1)Nc1ccccc1OCC(F)F. The Morgan fingerprint density at radius 2 is 1.88 bits per heavy atom. The summed E-state index contributed by atoms with van der Waals surface area (Å²) in [6, 6.07) is 13.0. The molecule has 0 radical (unpaired) electrons. The Balaban J connectivity index is 1.92. The average Bonchev–Trinajstić information content (AvgIpc) is 2.59. The highest BCUT2D eigenvalue weighted by Crippen LogP contribution is 2.24. The van der Waals surface area contributed by atoms with Crippen LogP contribution in [0.5, 0.6) is 5.75 Å². The zero-order chi connectivity index (χ0) is 17.4. The highest BCUT2D eigenvalue weighted by molar-refractivity contribution is 5.90. The van der Waals surface area contributed by atoms with Crippen molar-refractivity contribution in [1.29, 1.82) is 0 Å². The quantitative estimate of drug-likeness (QED) is 0.727. The summed E-state index contributed by atoms with van der Waals surface area (Å²) >= 11 is 0. The van der Waals surface area contributed by atoms with Gasteiger partial charge in [0.2, 0.25) is 0 Å². The highest BCUT2D eigenvalue weighted by Gasteiger charge is 2.10.